The van der Waals surface area contributed by atoms with Gasteiger partial charge in [0, 0.05) is 10.5 Å². The van der Waals surface area contributed by atoms with Gasteiger partial charge in [-0.1, -0.05) is 18.2 Å². The molecule has 0 saturated heterocycles. The Morgan fingerprint density at radius 1 is 1.32 bits per heavy atom. The van der Waals surface area contributed by atoms with Crippen LogP contribution in [0.3, 0.4) is 0 Å². The van der Waals surface area contributed by atoms with Crippen LogP contribution in [-0.4, -0.2) is 36.2 Å². The summed E-state index contributed by atoms with van der Waals surface area (Å²) in [6.45, 7) is 4.15. The van der Waals surface area contributed by atoms with Crippen LogP contribution < -0.4 is 5.32 Å². The first-order valence-corrected chi connectivity index (χ1v) is 8.28. The number of amides is 1. The van der Waals surface area contributed by atoms with Crippen LogP contribution >= 0.6 is 0 Å². The third-order valence-electron chi connectivity index (χ3n) is 3.44. The summed E-state index contributed by atoms with van der Waals surface area (Å²) in [7, 11) is 1.08. The van der Waals surface area contributed by atoms with Crippen molar-refractivity contribution in [2.45, 2.75) is 38.7 Å². The number of halogens is 2. The van der Waals surface area contributed by atoms with Crippen molar-refractivity contribution in [1.29, 1.82) is 0 Å². The molecule has 1 rings (SSSR count). The molecule has 0 spiro atoms. The van der Waals surface area contributed by atoms with Gasteiger partial charge >= 0.3 is 12.1 Å². The van der Waals surface area contributed by atoms with Gasteiger partial charge < -0.3 is 9.47 Å². The lowest BCUT2D eigenvalue weighted by Gasteiger charge is -2.20. The number of carbonyl (C=O) groups is 2. The fraction of sp³-hybridized carbons (Fsp3) is 0.444. The molecule has 10 heteroatoms. The molecule has 1 aromatic carbocycles. The van der Waals surface area contributed by atoms with Crippen molar-refractivity contribution >= 4 is 12.1 Å². The Kier molecular flexibility index (Phi) is 8.02. The van der Waals surface area contributed by atoms with Crippen LogP contribution in [0, 0.1) is 21.7 Å². The maximum atomic E-state index is 14.0. The number of nitrogens with one attached hydrogen (secondary N) is 1. The topological polar surface area (TPSA) is 108 Å². The summed E-state index contributed by atoms with van der Waals surface area (Å²) in [4.78, 5) is 34.0. The molecule has 0 aliphatic heterocycles. The van der Waals surface area contributed by atoms with Crippen molar-refractivity contribution in [3.8, 4) is 0 Å². The highest BCUT2D eigenvalue weighted by molar-refractivity contribution is 5.92. The summed E-state index contributed by atoms with van der Waals surface area (Å²) in [5.41, 5.74) is -1.37. The third-order valence-corrected chi connectivity index (χ3v) is 3.44. The Balaban J connectivity index is 3.12. The van der Waals surface area contributed by atoms with E-state index in [1.807, 2.05) is 0 Å². The van der Waals surface area contributed by atoms with E-state index in [1.54, 1.807) is 20.8 Å². The van der Waals surface area contributed by atoms with Crippen molar-refractivity contribution in [2.24, 2.45) is 0 Å². The van der Waals surface area contributed by atoms with Gasteiger partial charge in [-0.25, -0.2) is 18.4 Å². The van der Waals surface area contributed by atoms with Gasteiger partial charge in [0.05, 0.1) is 13.0 Å². The van der Waals surface area contributed by atoms with Crippen molar-refractivity contribution in [2.75, 3.05) is 13.7 Å². The SMILES string of the molecule is COC(=O)/C(=C/CC(C[N+](=O)[O-])c1cccc(F)c1F)NC(=O)OC(C)(C)C. The van der Waals surface area contributed by atoms with Crippen molar-refractivity contribution in [1.82, 2.24) is 5.32 Å². The normalized spacial score (nSPS) is 12.9. The monoisotopic (exact) mass is 400 g/mol. The van der Waals surface area contributed by atoms with Crippen LogP contribution in [0.1, 0.15) is 38.7 Å². The maximum Gasteiger partial charge on any atom is 0.412 e. The highest BCUT2D eigenvalue weighted by Gasteiger charge is 2.24. The second-order valence-electron chi connectivity index (χ2n) is 6.83. The van der Waals surface area contributed by atoms with E-state index in [-0.39, 0.29) is 17.7 Å². The molecular formula is C18H22F2N2O6. The summed E-state index contributed by atoms with van der Waals surface area (Å²) in [6.07, 6.45) is -0.0255. The van der Waals surface area contributed by atoms with Crippen LogP contribution in [0.5, 0.6) is 0 Å². The number of esters is 1. The van der Waals surface area contributed by atoms with E-state index in [1.165, 1.54) is 12.1 Å². The number of alkyl carbamates (subject to hydrolysis) is 1. The van der Waals surface area contributed by atoms with E-state index < -0.39 is 46.7 Å². The van der Waals surface area contributed by atoms with E-state index in [4.69, 9.17) is 4.74 Å². The largest absolute Gasteiger partial charge is 0.464 e. The van der Waals surface area contributed by atoms with Crippen LogP contribution in [0.4, 0.5) is 13.6 Å². The molecule has 1 amide bonds. The number of carbonyl (C=O) groups excluding carboxylic acids is 2. The predicted molar refractivity (Wildman–Crippen MR) is 95.0 cm³/mol. The molecule has 0 saturated carbocycles. The molecule has 0 radical (unpaired) electrons. The average Bonchev–Trinajstić information content (AvgIpc) is 2.57. The minimum absolute atomic E-state index is 0.213. The number of benzene rings is 1. The number of rotatable bonds is 7. The van der Waals surface area contributed by atoms with Gasteiger partial charge in [-0.15, -0.1) is 0 Å². The van der Waals surface area contributed by atoms with E-state index in [0.29, 0.717) is 0 Å². The Labute approximate surface area is 160 Å². The molecule has 0 heterocycles. The first-order valence-electron chi connectivity index (χ1n) is 8.28. The number of nitro groups is 1. The van der Waals surface area contributed by atoms with E-state index in [2.05, 4.69) is 10.1 Å². The van der Waals surface area contributed by atoms with Gasteiger partial charge in [-0.2, -0.15) is 0 Å². The zero-order chi connectivity index (χ0) is 21.5. The average molecular weight is 400 g/mol. The van der Waals surface area contributed by atoms with Crippen molar-refractivity contribution in [3.05, 3.63) is 57.3 Å². The van der Waals surface area contributed by atoms with E-state index >= 15 is 0 Å². The van der Waals surface area contributed by atoms with Gasteiger partial charge in [0.25, 0.3) is 0 Å². The summed E-state index contributed by atoms with van der Waals surface area (Å²) in [5.74, 6) is -4.35. The van der Waals surface area contributed by atoms with E-state index in [0.717, 1.165) is 19.3 Å². The quantitative estimate of drug-likeness (QED) is 0.326. The predicted octanol–water partition coefficient (Wildman–Crippen LogP) is 3.30. The van der Waals surface area contributed by atoms with Gasteiger partial charge in [0.15, 0.2) is 11.6 Å². The second-order valence-corrected chi connectivity index (χ2v) is 6.83. The standard InChI is InChI=1S/C18H22F2N2O6/c1-18(2,3)28-17(24)21-14(16(23)27-4)9-8-11(10-22(25)26)12-6-5-7-13(19)15(12)20/h5-7,9,11H,8,10H2,1-4H3,(H,21,24)/b14-9-. The summed E-state index contributed by atoms with van der Waals surface area (Å²) >= 11 is 0. The Morgan fingerprint density at radius 3 is 2.50 bits per heavy atom. The van der Waals surface area contributed by atoms with E-state index in [9.17, 15) is 28.5 Å². The molecule has 0 aliphatic carbocycles. The summed E-state index contributed by atoms with van der Waals surface area (Å²) < 4.78 is 37.1. The number of allylic oxidation sites excluding steroid dienone is 1. The molecular weight excluding hydrogens is 378 g/mol. The van der Waals surface area contributed by atoms with Crippen LogP contribution in [0.25, 0.3) is 0 Å². The highest BCUT2D eigenvalue weighted by Crippen LogP contribution is 2.25. The lowest BCUT2D eigenvalue weighted by molar-refractivity contribution is -0.483. The Bertz CT molecular complexity index is 774. The smallest absolute Gasteiger partial charge is 0.412 e. The highest BCUT2D eigenvalue weighted by atomic mass is 19.2. The number of hydrogen-bond donors (Lipinski definition) is 1. The van der Waals surface area contributed by atoms with Gasteiger partial charge in [-0.3, -0.25) is 15.4 Å². The first-order chi connectivity index (χ1) is 12.9. The minimum Gasteiger partial charge on any atom is -0.464 e. The van der Waals surface area contributed by atoms with Gasteiger partial charge in [0.2, 0.25) is 6.54 Å². The molecule has 0 aliphatic rings. The zero-order valence-corrected chi connectivity index (χ0v) is 16.0. The molecule has 0 bridgehead atoms. The van der Waals surface area contributed by atoms with Gasteiger partial charge in [0.1, 0.15) is 11.3 Å². The molecule has 1 N–H and O–H groups in total. The zero-order valence-electron chi connectivity index (χ0n) is 16.0. The molecule has 1 atom stereocenters. The maximum absolute atomic E-state index is 14.0. The van der Waals surface area contributed by atoms with Crippen LogP contribution in [-0.2, 0) is 14.3 Å². The first kappa shape index (κ1) is 23.0. The lowest BCUT2D eigenvalue weighted by Crippen LogP contribution is -2.34. The van der Waals surface area contributed by atoms with Crippen molar-refractivity contribution in [3.63, 3.8) is 0 Å². The van der Waals surface area contributed by atoms with Crippen molar-refractivity contribution < 1.29 is 32.8 Å². The Morgan fingerprint density at radius 2 is 1.96 bits per heavy atom. The summed E-state index contributed by atoms with van der Waals surface area (Å²) in [6, 6.07) is 3.34. The van der Waals surface area contributed by atoms with Crippen LogP contribution in [0.2, 0.25) is 0 Å². The molecule has 154 valence electrons. The van der Waals surface area contributed by atoms with Gasteiger partial charge in [-0.05, 0) is 33.3 Å². The summed E-state index contributed by atoms with van der Waals surface area (Å²) in [5, 5.41) is 13.1. The third kappa shape index (κ3) is 7.29. The molecule has 1 unspecified atom stereocenters. The molecule has 0 fully saturated rings. The number of ether oxygens (including phenoxy) is 2. The second kappa shape index (κ2) is 9.77. The Hall–Kier alpha value is -3.04. The fourth-order valence-corrected chi connectivity index (χ4v) is 2.28. The van der Waals surface area contributed by atoms with Crippen LogP contribution in [0.15, 0.2) is 30.0 Å². The number of nitrogens with zero attached hydrogens (tertiary/aromatic N) is 1. The molecule has 1 aromatic rings. The fourth-order valence-electron chi connectivity index (χ4n) is 2.28. The number of hydrogen-bond acceptors (Lipinski definition) is 6. The molecule has 0 aromatic heterocycles. The minimum atomic E-state index is -1.21. The number of methoxy groups -OCH3 is 1. The molecule has 28 heavy (non-hydrogen) atoms. The lowest BCUT2D eigenvalue weighted by atomic mass is 9.94. The molecule has 8 nitrogen and oxygen atoms in total.